The third-order valence-electron chi connectivity index (χ3n) is 3.00. The first-order valence-corrected chi connectivity index (χ1v) is 6.88. The Morgan fingerprint density at radius 2 is 1.85 bits per heavy atom. The van der Waals surface area contributed by atoms with Crippen molar-refractivity contribution in [3.8, 4) is 0 Å². The number of urea groups is 1. The van der Waals surface area contributed by atoms with E-state index < -0.39 is 0 Å². The zero-order valence-corrected chi connectivity index (χ0v) is 12.7. The molecule has 2 amide bonds. The van der Waals surface area contributed by atoms with Gasteiger partial charge in [-0.2, -0.15) is 0 Å². The topological polar surface area (TPSA) is 64.6 Å². The maximum absolute atomic E-state index is 11.7. The summed E-state index contributed by atoms with van der Waals surface area (Å²) >= 11 is 0. The minimum absolute atomic E-state index is 0.222. The predicted octanol–water partition coefficient (Wildman–Crippen LogP) is 2.28. The summed E-state index contributed by atoms with van der Waals surface area (Å²) in [4.78, 5) is 13.7. The average Bonchev–Trinajstić information content (AvgIpc) is 2.36. The molecule has 0 aliphatic heterocycles. The van der Waals surface area contributed by atoms with E-state index in [1.165, 1.54) is 0 Å². The van der Waals surface area contributed by atoms with Crippen molar-refractivity contribution in [1.82, 2.24) is 5.32 Å². The van der Waals surface area contributed by atoms with Crippen LogP contribution < -0.4 is 15.5 Å². The van der Waals surface area contributed by atoms with Gasteiger partial charge in [0, 0.05) is 32.0 Å². The summed E-state index contributed by atoms with van der Waals surface area (Å²) in [6, 6.07) is 7.42. The fraction of sp³-hybridized carbons (Fsp3) is 0.533. The van der Waals surface area contributed by atoms with Crippen LogP contribution in [0, 0.1) is 5.92 Å². The van der Waals surface area contributed by atoms with Gasteiger partial charge in [-0.05, 0) is 43.5 Å². The van der Waals surface area contributed by atoms with Crippen LogP contribution in [0.4, 0.5) is 16.2 Å². The van der Waals surface area contributed by atoms with Crippen molar-refractivity contribution in [2.75, 3.05) is 30.9 Å². The van der Waals surface area contributed by atoms with Crippen molar-refractivity contribution in [3.63, 3.8) is 0 Å². The highest BCUT2D eigenvalue weighted by atomic mass is 16.3. The molecule has 5 heteroatoms. The Kier molecular flexibility index (Phi) is 6.31. The fourth-order valence-electron chi connectivity index (χ4n) is 1.95. The molecule has 5 nitrogen and oxygen atoms in total. The van der Waals surface area contributed by atoms with Gasteiger partial charge in [0.2, 0.25) is 0 Å². The van der Waals surface area contributed by atoms with Gasteiger partial charge in [0.1, 0.15) is 0 Å². The molecule has 0 saturated carbocycles. The number of aliphatic hydroxyl groups excluding tert-OH is 1. The summed E-state index contributed by atoms with van der Waals surface area (Å²) in [5.74, 6) is 0.247. The number of benzene rings is 1. The molecule has 2 atom stereocenters. The summed E-state index contributed by atoms with van der Waals surface area (Å²) in [6.45, 7) is 4.30. The number of nitrogens with zero attached hydrogens (tertiary/aromatic N) is 1. The van der Waals surface area contributed by atoms with E-state index in [2.05, 4.69) is 10.6 Å². The van der Waals surface area contributed by atoms with Crippen LogP contribution in [-0.4, -0.2) is 37.9 Å². The number of carbonyl (C=O) groups excluding carboxylic acids is 1. The van der Waals surface area contributed by atoms with Crippen LogP contribution in [0.1, 0.15) is 20.3 Å². The minimum atomic E-state index is -0.339. The Balaban J connectivity index is 2.38. The summed E-state index contributed by atoms with van der Waals surface area (Å²) in [6.07, 6.45) is 0.339. The molecule has 0 saturated heterocycles. The molecule has 0 bridgehead atoms. The highest BCUT2D eigenvalue weighted by Gasteiger charge is 2.08. The van der Waals surface area contributed by atoms with Gasteiger partial charge < -0.3 is 20.6 Å². The molecule has 0 fully saturated rings. The maximum atomic E-state index is 11.7. The summed E-state index contributed by atoms with van der Waals surface area (Å²) < 4.78 is 0. The maximum Gasteiger partial charge on any atom is 0.319 e. The van der Waals surface area contributed by atoms with Gasteiger partial charge in [0.15, 0.2) is 0 Å². The quantitative estimate of drug-likeness (QED) is 0.748. The van der Waals surface area contributed by atoms with Crippen LogP contribution in [0.5, 0.6) is 0 Å². The number of hydrogen-bond donors (Lipinski definition) is 3. The standard InChI is InChI=1S/C15H25N3O2/c1-11(9-12(2)19)10-16-15(20)17-13-5-7-14(8-6-13)18(3)4/h5-8,11-12,19H,9-10H2,1-4H3,(H2,16,17,20). The summed E-state index contributed by atoms with van der Waals surface area (Å²) in [7, 11) is 3.94. The van der Waals surface area contributed by atoms with Crippen molar-refractivity contribution in [1.29, 1.82) is 0 Å². The minimum Gasteiger partial charge on any atom is -0.393 e. The van der Waals surface area contributed by atoms with E-state index in [1.807, 2.05) is 50.2 Å². The lowest BCUT2D eigenvalue weighted by molar-refractivity contribution is 0.163. The van der Waals surface area contributed by atoms with Gasteiger partial charge in [-0.25, -0.2) is 4.79 Å². The molecule has 112 valence electrons. The number of hydrogen-bond acceptors (Lipinski definition) is 3. The molecule has 0 aromatic heterocycles. The Morgan fingerprint density at radius 1 is 1.25 bits per heavy atom. The molecule has 1 rings (SSSR count). The molecule has 3 N–H and O–H groups in total. The highest BCUT2D eigenvalue weighted by molar-refractivity contribution is 5.89. The second-order valence-corrected chi connectivity index (χ2v) is 5.47. The lowest BCUT2D eigenvalue weighted by atomic mass is 10.1. The van der Waals surface area contributed by atoms with Gasteiger partial charge >= 0.3 is 6.03 Å². The molecule has 0 aliphatic rings. The molecule has 2 unspecified atom stereocenters. The molecule has 0 aliphatic carbocycles. The third kappa shape index (κ3) is 5.93. The van der Waals surface area contributed by atoms with Crippen LogP contribution in [-0.2, 0) is 0 Å². The van der Waals surface area contributed by atoms with Crippen molar-refractivity contribution >= 4 is 17.4 Å². The van der Waals surface area contributed by atoms with Gasteiger partial charge in [-0.1, -0.05) is 6.92 Å². The number of anilines is 2. The molecule has 0 spiro atoms. The van der Waals surface area contributed by atoms with E-state index >= 15 is 0 Å². The van der Waals surface area contributed by atoms with Crippen molar-refractivity contribution in [3.05, 3.63) is 24.3 Å². The van der Waals surface area contributed by atoms with Crippen molar-refractivity contribution in [2.45, 2.75) is 26.4 Å². The zero-order valence-electron chi connectivity index (χ0n) is 12.7. The molecule has 1 aromatic rings. The number of rotatable bonds is 6. The van der Waals surface area contributed by atoms with E-state index in [-0.39, 0.29) is 18.1 Å². The smallest absolute Gasteiger partial charge is 0.319 e. The van der Waals surface area contributed by atoms with Crippen LogP contribution in [0.15, 0.2) is 24.3 Å². The second-order valence-electron chi connectivity index (χ2n) is 5.47. The highest BCUT2D eigenvalue weighted by Crippen LogP contribution is 2.15. The van der Waals surface area contributed by atoms with E-state index in [9.17, 15) is 9.90 Å². The molecular weight excluding hydrogens is 254 g/mol. The Bertz CT molecular complexity index is 416. The first kappa shape index (κ1) is 16.3. The van der Waals surface area contributed by atoms with E-state index in [1.54, 1.807) is 6.92 Å². The monoisotopic (exact) mass is 279 g/mol. The van der Waals surface area contributed by atoms with Crippen LogP contribution in [0.3, 0.4) is 0 Å². The molecule has 0 radical (unpaired) electrons. The van der Waals surface area contributed by atoms with Crippen LogP contribution in [0.2, 0.25) is 0 Å². The van der Waals surface area contributed by atoms with Gasteiger partial charge in [0.25, 0.3) is 0 Å². The predicted molar refractivity (Wildman–Crippen MR) is 83.3 cm³/mol. The van der Waals surface area contributed by atoms with E-state index in [0.717, 1.165) is 11.4 Å². The van der Waals surface area contributed by atoms with E-state index in [0.29, 0.717) is 13.0 Å². The van der Waals surface area contributed by atoms with Gasteiger partial charge in [-0.15, -0.1) is 0 Å². The lowest BCUT2D eigenvalue weighted by Gasteiger charge is -2.15. The fourth-order valence-corrected chi connectivity index (χ4v) is 1.95. The van der Waals surface area contributed by atoms with Gasteiger partial charge in [0.05, 0.1) is 6.10 Å². The lowest BCUT2D eigenvalue weighted by Crippen LogP contribution is -2.33. The molecule has 20 heavy (non-hydrogen) atoms. The Hall–Kier alpha value is -1.75. The van der Waals surface area contributed by atoms with Crippen LogP contribution >= 0.6 is 0 Å². The zero-order chi connectivity index (χ0) is 15.1. The first-order chi connectivity index (χ1) is 9.38. The summed E-state index contributed by atoms with van der Waals surface area (Å²) in [5.41, 5.74) is 1.85. The number of amides is 2. The van der Waals surface area contributed by atoms with Crippen molar-refractivity contribution in [2.24, 2.45) is 5.92 Å². The number of carbonyl (C=O) groups is 1. The third-order valence-corrected chi connectivity index (χ3v) is 3.00. The second kappa shape index (κ2) is 7.75. The number of aliphatic hydroxyl groups is 1. The van der Waals surface area contributed by atoms with Crippen molar-refractivity contribution < 1.29 is 9.90 Å². The first-order valence-electron chi connectivity index (χ1n) is 6.88. The Morgan fingerprint density at radius 3 is 2.35 bits per heavy atom. The molecule has 0 heterocycles. The summed E-state index contributed by atoms with van der Waals surface area (Å²) in [5, 5.41) is 14.8. The van der Waals surface area contributed by atoms with Crippen LogP contribution in [0.25, 0.3) is 0 Å². The Labute approximate surface area is 121 Å². The largest absolute Gasteiger partial charge is 0.393 e. The normalized spacial score (nSPS) is 13.4. The average molecular weight is 279 g/mol. The van der Waals surface area contributed by atoms with E-state index in [4.69, 9.17) is 0 Å². The van der Waals surface area contributed by atoms with Gasteiger partial charge in [-0.3, -0.25) is 0 Å². The molecule has 1 aromatic carbocycles. The molecular formula is C15H25N3O2. The number of nitrogens with one attached hydrogen (secondary N) is 2. The SMILES string of the molecule is CC(O)CC(C)CNC(=O)Nc1ccc(N(C)C)cc1.